The van der Waals surface area contributed by atoms with Crippen molar-refractivity contribution in [1.82, 2.24) is 5.32 Å². The van der Waals surface area contributed by atoms with E-state index in [-0.39, 0.29) is 0 Å². The molecule has 0 aliphatic rings. The summed E-state index contributed by atoms with van der Waals surface area (Å²) in [4.78, 5) is 12.6. The number of carbonyl (C=O) groups is 1. The minimum atomic E-state index is -1.30. The molecular weight excluding hydrogens is 779 g/mol. The van der Waals surface area contributed by atoms with Crippen molar-refractivity contribution in [1.29, 1.82) is 0 Å². The molecule has 0 aliphatic carbocycles. The van der Waals surface area contributed by atoms with Crippen molar-refractivity contribution in [3.8, 4) is 0 Å². The Kier molecular flexibility index (Phi) is 49.8. The van der Waals surface area contributed by atoms with Crippen molar-refractivity contribution < 1.29 is 25.2 Å². The Morgan fingerprint density at radius 1 is 0.381 bits per heavy atom. The van der Waals surface area contributed by atoms with E-state index in [0.29, 0.717) is 19.3 Å². The molecule has 370 valence electrons. The molecule has 0 radical (unpaired) electrons. The first-order valence-electron chi connectivity index (χ1n) is 27.5. The van der Waals surface area contributed by atoms with E-state index in [2.05, 4.69) is 67.8 Å². The second kappa shape index (κ2) is 51.3. The van der Waals surface area contributed by atoms with Gasteiger partial charge in [-0.15, -0.1) is 0 Å². The highest BCUT2D eigenvalue weighted by Crippen LogP contribution is 2.16. The van der Waals surface area contributed by atoms with Crippen LogP contribution in [0.5, 0.6) is 0 Å². The van der Waals surface area contributed by atoms with E-state index < -0.39 is 36.9 Å². The number of aliphatic hydroxyl groups is 4. The number of aliphatic hydroxyl groups excluding tert-OH is 4. The molecule has 4 atom stereocenters. The minimum absolute atomic E-state index is 0.350. The number of hydrogen-bond donors (Lipinski definition) is 5. The van der Waals surface area contributed by atoms with E-state index >= 15 is 0 Å². The van der Waals surface area contributed by atoms with Crippen LogP contribution in [-0.2, 0) is 4.79 Å². The van der Waals surface area contributed by atoms with Crippen LogP contribution in [0.25, 0.3) is 0 Å². The lowest BCUT2D eigenvalue weighted by Crippen LogP contribution is -2.53. The summed E-state index contributed by atoms with van der Waals surface area (Å²) in [5.74, 6) is -0.603. The minimum Gasteiger partial charge on any atom is -0.394 e. The molecule has 0 saturated heterocycles. The highest BCUT2D eigenvalue weighted by Gasteiger charge is 2.28. The Morgan fingerprint density at radius 3 is 1.00 bits per heavy atom. The molecule has 63 heavy (non-hydrogen) atoms. The van der Waals surface area contributed by atoms with Gasteiger partial charge in [0, 0.05) is 0 Å². The summed E-state index contributed by atoms with van der Waals surface area (Å²) in [5.41, 5.74) is 0. The van der Waals surface area contributed by atoms with Crippen LogP contribution in [0, 0.1) is 0 Å². The average Bonchev–Trinajstić information content (AvgIpc) is 3.29. The SMILES string of the molecule is CCCCCCCCCC/C=C\CCCCCCCCC(O)C(=O)NC(CO)C(O)C(O)CCC/C=C/CC/C=C/CC/C=C/CCCCCCCCCCCCCCCCCC. The summed E-state index contributed by atoms with van der Waals surface area (Å²) in [6, 6.07) is -1.02. The Morgan fingerprint density at radius 2 is 0.667 bits per heavy atom. The molecular formula is C57H107NO5. The molecule has 6 heteroatoms. The summed E-state index contributed by atoms with van der Waals surface area (Å²) in [6.45, 7) is 4.05. The lowest BCUT2D eigenvalue weighted by molar-refractivity contribution is -0.132. The maximum atomic E-state index is 12.6. The van der Waals surface area contributed by atoms with E-state index in [4.69, 9.17) is 0 Å². The van der Waals surface area contributed by atoms with Crippen molar-refractivity contribution in [3.05, 3.63) is 48.6 Å². The van der Waals surface area contributed by atoms with Gasteiger partial charge in [0.1, 0.15) is 12.2 Å². The van der Waals surface area contributed by atoms with Gasteiger partial charge in [-0.1, -0.05) is 236 Å². The van der Waals surface area contributed by atoms with Gasteiger partial charge in [0.2, 0.25) is 5.91 Å². The summed E-state index contributed by atoms with van der Waals surface area (Å²) >= 11 is 0. The maximum Gasteiger partial charge on any atom is 0.249 e. The highest BCUT2D eigenvalue weighted by atomic mass is 16.3. The largest absolute Gasteiger partial charge is 0.394 e. The molecule has 4 unspecified atom stereocenters. The number of allylic oxidation sites excluding steroid dienone is 8. The topological polar surface area (TPSA) is 110 Å². The normalized spacial score (nSPS) is 14.2. The van der Waals surface area contributed by atoms with Gasteiger partial charge < -0.3 is 25.7 Å². The van der Waals surface area contributed by atoms with Gasteiger partial charge in [-0.25, -0.2) is 0 Å². The zero-order valence-electron chi connectivity index (χ0n) is 41.8. The number of nitrogens with one attached hydrogen (secondary N) is 1. The van der Waals surface area contributed by atoms with Gasteiger partial charge in [-0.3, -0.25) is 4.79 Å². The Hall–Kier alpha value is -1.73. The van der Waals surface area contributed by atoms with Crippen LogP contribution in [0.2, 0.25) is 0 Å². The van der Waals surface area contributed by atoms with Crippen molar-refractivity contribution in [2.45, 2.75) is 301 Å². The highest BCUT2D eigenvalue weighted by molar-refractivity contribution is 5.80. The standard InChI is InChI=1S/C57H107NO5/c1-3-5-7-9-11-13-15-17-19-21-23-24-25-26-27-28-29-30-31-32-33-35-36-38-40-42-44-46-48-50-54(60)56(62)53(52-59)58-57(63)55(61)51-49-47-45-43-41-39-37-34-22-20-18-16-14-12-10-8-6-4-2/h22,30-31,34-36,42,44,53-56,59-62H,3-21,23-29,32-33,37-41,43,45-52H2,1-2H3,(H,58,63)/b31-30+,34-22-,36-35+,44-42+. The molecule has 5 N–H and O–H groups in total. The lowest BCUT2D eigenvalue weighted by atomic mass is 10.00. The van der Waals surface area contributed by atoms with Crippen LogP contribution >= 0.6 is 0 Å². The van der Waals surface area contributed by atoms with Gasteiger partial charge in [-0.2, -0.15) is 0 Å². The first-order valence-corrected chi connectivity index (χ1v) is 27.5. The molecule has 0 spiro atoms. The number of rotatable bonds is 50. The molecule has 1 amide bonds. The third-order valence-electron chi connectivity index (χ3n) is 12.7. The predicted octanol–water partition coefficient (Wildman–Crippen LogP) is 15.8. The fraction of sp³-hybridized carbons (Fsp3) is 0.842. The molecule has 6 nitrogen and oxygen atoms in total. The first-order chi connectivity index (χ1) is 31.0. The summed E-state index contributed by atoms with van der Waals surface area (Å²) in [6.07, 6.45) is 64.6. The molecule has 0 heterocycles. The molecule has 0 aliphatic heterocycles. The van der Waals surface area contributed by atoms with Gasteiger partial charge >= 0.3 is 0 Å². The van der Waals surface area contributed by atoms with Crippen LogP contribution in [0.3, 0.4) is 0 Å². The van der Waals surface area contributed by atoms with E-state index in [1.807, 2.05) is 0 Å². The summed E-state index contributed by atoms with van der Waals surface area (Å²) < 4.78 is 0. The van der Waals surface area contributed by atoms with Crippen LogP contribution in [0.15, 0.2) is 48.6 Å². The second-order valence-corrected chi connectivity index (χ2v) is 18.9. The van der Waals surface area contributed by atoms with Crippen LogP contribution < -0.4 is 5.32 Å². The smallest absolute Gasteiger partial charge is 0.249 e. The maximum absolute atomic E-state index is 12.6. The van der Waals surface area contributed by atoms with Crippen molar-refractivity contribution in [2.75, 3.05) is 6.61 Å². The number of hydrogen-bond acceptors (Lipinski definition) is 5. The van der Waals surface area contributed by atoms with E-state index in [1.165, 1.54) is 180 Å². The number of unbranched alkanes of at least 4 members (excludes halogenated alkanes) is 33. The Bertz CT molecular complexity index is 1040. The molecule has 0 saturated carbocycles. The van der Waals surface area contributed by atoms with Crippen LogP contribution in [-0.4, -0.2) is 57.3 Å². The molecule has 0 aromatic rings. The fourth-order valence-corrected chi connectivity index (χ4v) is 8.37. The molecule has 0 fully saturated rings. The van der Waals surface area contributed by atoms with Gasteiger partial charge in [0.25, 0.3) is 0 Å². The zero-order valence-corrected chi connectivity index (χ0v) is 41.8. The molecule has 0 bridgehead atoms. The lowest BCUT2D eigenvalue weighted by Gasteiger charge is -2.27. The third kappa shape index (κ3) is 45.2. The summed E-state index contributed by atoms with van der Waals surface area (Å²) in [5, 5.41) is 43.9. The van der Waals surface area contributed by atoms with Crippen molar-refractivity contribution in [2.24, 2.45) is 0 Å². The Balaban J connectivity index is 3.73. The molecule has 0 aromatic carbocycles. The van der Waals surface area contributed by atoms with Crippen molar-refractivity contribution in [3.63, 3.8) is 0 Å². The monoisotopic (exact) mass is 886 g/mol. The molecule has 0 rings (SSSR count). The van der Waals surface area contributed by atoms with Gasteiger partial charge in [0.15, 0.2) is 0 Å². The predicted molar refractivity (Wildman–Crippen MR) is 274 cm³/mol. The van der Waals surface area contributed by atoms with Crippen LogP contribution in [0.1, 0.15) is 277 Å². The third-order valence-corrected chi connectivity index (χ3v) is 12.7. The quantitative estimate of drug-likeness (QED) is 0.0309. The zero-order chi connectivity index (χ0) is 45.9. The summed E-state index contributed by atoms with van der Waals surface area (Å²) in [7, 11) is 0. The van der Waals surface area contributed by atoms with E-state index in [1.54, 1.807) is 0 Å². The first kappa shape index (κ1) is 61.3. The second-order valence-electron chi connectivity index (χ2n) is 18.9. The van der Waals surface area contributed by atoms with E-state index in [0.717, 1.165) is 64.2 Å². The number of carbonyl (C=O) groups excluding carboxylic acids is 1. The molecule has 0 aromatic heterocycles. The van der Waals surface area contributed by atoms with Gasteiger partial charge in [0.05, 0.1) is 18.8 Å². The Labute approximate surface area is 391 Å². The fourth-order valence-electron chi connectivity index (χ4n) is 8.37. The average molecular weight is 886 g/mol. The van der Waals surface area contributed by atoms with E-state index in [9.17, 15) is 25.2 Å². The number of amides is 1. The van der Waals surface area contributed by atoms with Crippen LogP contribution in [0.4, 0.5) is 0 Å². The van der Waals surface area contributed by atoms with Gasteiger partial charge in [-0.05, 0) is 89.9 Å². The van der Waals surface area contributed by atoms with Crippen molar-refractivity contribution >= 4 is 5.91 Å².